The highest BCUT2D eigenvalue weighted by molar-refractivity contribution is 5.89. The molecule has 0 aliphatic carbocycles. The Morgan fingerprint density at radius 1 is 1.43 bits per heavy atom. The average molecular weight is 299 g/mol. The predicted molar refractivity (Wildman–Crippen MR) is 69.2 cm³/mol. The zero-order valence-corrected chi connectivity index (χ0v) is 11.3. The van der Waals surface area contributed by atoms with Crippen LogP contribution in [-0.2, 0) is 22.8 Å². The van der Waals surface area contributed by atoms with E-state index < -0.39 is 17.7 Å². The predicted octanol–water partition coefficient (Wildman–Crippen LogP) is 2.56. The monoisotopic (exact) mass is 299 g/mol. The molecule has 0 aliphatic rings. The molecule has 0 atom stereocenters. The lowest BCUT2D eigenvalue weighted by Crippen LogP contribution is -2.09. The number of esters is 1. The van der Waals surface area contributed by atoms with Crippen LogP contribution < -0.4 is 0 Å². The van der Waals surface area contributed by atoms with E-state index in [2.05, 4.69) is 15.0 Å². The SMILES string of the molecule is CCOC(=O)/C=C/c1ccc2c(nnn2C)c1C(F)(F)F. The molecule has 0 aliphatic heterocycles. The van der Waals surface area contributed by atoms with Crippen LogP contribution in [0.25, 0.3) is 17.1 Å². The Kier molecular flexibility index (Phi) is 3.97. The summed E-state index contributed by atoms with van der Waals surface area (Å²) in [5.41, 5.74) is -1.08. The fourth-order valence-electron chi connectivity index (χ4n) is 1.90. The largest absolute Gasteiger partial charge is 0.463 e. The molecule has 0 radical (unpaired) electrons. The quantitative estimate of drug-likeness (QED) is 0.645. The van der Waals surface area contributed by atoms with E-state index in [9.17, 15) is 18.0 Å². The van der Waals surface area contributed by atoms with Crippen LogP contribution in [0.3, 0.4) is 0 Å². The van der Waals surface area contributed by atoms with Crippen molar-refractivity contribution in [3.05, 3.63) is 29.3 Å². The van der Waals surface area contributed by atoms with E-state index in [1.54, 1.807) is 6.92 Å². The third-order valence-electron chi connectivity index (χ3n) is 2.79. The van der Waals surface area contributed by atoms with Crippen molar-refractivity contribution in [3.8, 4) is 0 Å². The van der Waals surface area contributed by atoms with Crippen LogP contribution in [0.15, 0.2) is 18.2 Å². The smallest absolute Gasteiger partial charge is 0.419 e. The number of rotatable bonds is 3. The summed E-state index contributed by atoms with van der Waals surface area (Å²) in [6.45, 7) is 1.76. The van der Waals surface area contributed by atoms with Crippen molar-refractivity contribution in [2.24, 2.45) is 7.05 Å². The summed E-state index contributed by atoms with van der Waals surface area (Å²) in [6.07, 6.45) is -2.59. The second-order valence-electron chi connectivity index (χ2n) is 4.19. The van der Waals surface area contributed by atoms with Crippen LogP contribution >= 0.6 is 0 Å². The zero-order chi connectivity index (χ0) is 15.6. The number of ether oxygens (including phenoxy) is 1. The summed E-state index contributed by atoms with van der Waals surface area (Å²) in [5.74, 6) is -0.704. The van der Waals surface area contributed by atoms with Crippen molar-refractivity contribution in [2.45, 2.75) is 13.1 Å². The molecule has 1 aromatic carbocycles. The normalized spacial score (nSPS) is 12.2. The minimum atomic E-state index is -4.61. The Bertz CT molecular complexity index is 704. The molecule has 8 heteroatoms. The van der Waals surface area contributed by atoms with Gasteiger partial charge in [-0.2, -0.15) is 13.2 Å². The molecule has 2 aromatic rings. The zero-order valence-electron chi connectivity index (χ0n) is 11.3. The highest BCUT2D eigenvalue weighted by Crippen LogP contribution is 2.37. The number of hydrogen-bond acceptors (Lipinski definition) is 4. The fourth-order valence-corrected chi connectivity index (χ4v) is 1.90. The van der Waals surface area contributed by atoms with Crippen LogP contribution in [-0.4, -0.2) is 27.6 Å². The number of carbonyl (C=O) groups is 1. The lowest BCUT2D eigenvalue weighted by atomic mass is 10.0. The summed E-state index contributed by atoms with van der Waals surface area (Å²) in [6, 6.07) is 2.74. The van der Waals surface area contributed by atoms with Gasteiger partial charge in [-0.1, -0.05) is 11.3 Å². The van der Waals surface area contributed by atoms with Crippen molar-refractivity contribution >= 4 is 23.1 Å². The summed E-state index contributed by atoms with van der Waals surface area (Å²) < 4.78 is 45.6. The molecule has 0 saturated carbocycles. The number of hydrogen-bond donors (Lipinski definition) is 0. The van der Waals surface area contributed by atoms with Gasteiger partial charge in [0.25, 0.3) is 0 Å². The number of benzene rings is 1. The number of alkyl halides is 3. The number of carbonyl (C=O) groups excluding carboxylic acids is 1. The van der Waals surface area contributed by atoms with Crippen molar-refractivity contribution in [2.75, 3.05) is 6.61 Å². The second kappa shape index (κ2) is 5.55. The van der Waals surface area contributed by atoms with Gasteiger partial charge in [0, 0.05) is 13.1 Å². The Morgan fingerprint density at radius 3 is 2.76 bits per heavy atom. The Balaban J connectivity index is 2.56. The Labute approximate surface area is 118 Å². The Morgan fingerprint density at radius 2 is 2.14 bits per heavy atom. The van der Waals surface area contributed by atoms with Gasteiger partial charge in [-0.15, -0.1) is 5.10 Å². The highest BCUT2D eigenvalue weighted by Gasteiger charge is 2.36. The van der Waals surface area contributed by atoms with E-state index in [4.69, 9.17) is 0 Å². The molecule has 5 nitrogen and oxygen atoms in total. The molecule has 0 saturated heterocycles. The number of aromatic nitrogens is 3. The average Bonchev–Trinajstić information content (AvgIpc) is 2.76. The highest BCUT2D eigenvalue weighted by atomic mass is 19.4. The molecular formula is C13H12F3N3O2. The third kappa shape index (κ3) is 3.04. The van der Waals surface area contributed by atoms with Crippen LogP contribution in [0.5, 0.6) is 0 Å². The first-order valence-electron chi connectivity index (χ1n) is 6.09. The molecule has 0 amide bonds. The summed E-state index contributed by atoms with van der Waals surface area (Å²) in [4.78, 5) is 11.2. The number of halogens is 3. The lowest BCUT2D eigenvalue weighted by Gasteiger charge is -2.10. The molecule has 0 spiro atoms. The molecule has 0 fully saturated rings. The molecule has 0 bridgehead atoms. The first-order valence-corrected chi connectivity index (χ1v) is 6.09. The van der Waals surface area contributed by atoms with E-state index in [1.165, 1.54) is 23.9 Å². The van der Waals surface area contributed by atoms with E-state index in [0.29, 0.717) is 0 Å². The van der Waals surface area contributed by atoms with Gasteiger partial charge in [0.05, 0.1) is 17.7 Å². The van der Waals surface area contributed by atoms with Gasteiger partial charge < -0.3 is 4.74 Å². The minimum absolute atomic E-state index is 0.151. The number of fused-ring (bicyclic) bond motifs is 1. The van der Waals surface area contributed by atoms with Gasteiger partial charge >= 0.3 is 12.1 Å². The summed E-state index contributed by atoms with van der Waals surface area (Å²) in [5, 5.41) is 7.14. The van der Waals surface area contributed by atoms with Crippen LogP contribution in [0, 0.1) is 0 Å². The number of aryl methyl sites for hydroxylation is 1. The van der Waals surface area contributed by atoms with Crippen LogP contribution in [0.2, 0.25) is 0 Å². The van der Waals surface area contributed by atoms with E-state index >= 15 is 0 Å². The number of nitrogens with zero attached hydrogens (tertiary/aromatic N) is 3. The van der Waals surface area contributed by atoms with Gasteiger partial charge in [0.1, 0.15) is 5.52 Å². The van der Waals surface area contributed by atoms with E-state index in [-0.39, 0.29) is 23.2 Å². The molecule has 2 rings (SSSR count). The standard InChI is InChI=1S/C13H12F3N3O2/c1-3-21-10(20)7-5-8-4-6-9-12(17-18-19(9)2)11(8)13(14,15)16/h4-7H,3H2,1-2H3/b7-5+. The minimum Gasteiger partial charge on any atom is -0.463 e. The third-order valence-corrected chi connectivity index (χ3v) is 2.79. The molecule has 1 heterocycles. The first-order chi connectivity index (χ1) is 9.84. The topological polar surface area (TPSA) is 57.0 Å². The fraction of sp³-hybridized carbons (Fsp3) is 0.308. The first kappa shape index (κ1) is 15.0. The summed E-state index contributed by atoms with van der Waals surface area (Å²) in [7, 11) is 1.50. The maximum atomic E-state index is 13.2. The van der Waals surface area contributed by atoms with Crippen LogP contribution in [0.1, 0.15) is 18.1 Å². The van der Waals surface area contributed by atoms with Crippen molar-refractivity contribution in [1.82, 2.24) is 15.0 Å². The Hall–Kier alpha value is -2.38. The molecule has 0 N–H and O–H groups in total. The van der Waals surface area contributed by atoms with Gasteiger partial charge in [0.15, 0.2) is 0 Å². The van der Waals surface area contributed by atoms with Crippen LogP contribution in [0.4, 0.5) is 13.2 Å². The van der Waals surface area contributed by atoms with Gasteiger partial charge in [-0.05, 0) is 24.6 Å². The molecule has 112 valence electrons. The van der Waals surface area contributed by atoms with Gasteiger partial charge in [0.2, 0.25) is 0 Å². The van der Waals surface area contributed by atoms with Gasteiger partial charge in [-0.3, -0.25) is 0 Å². The molecule has 0 unspecified atom stereocenters. The molecular weight excluding hydrogens is 287 g/mol. The molecule has 21 heavy (non-hydrogen) atoms. The van der Waals surface area contributed by atoms with E-state index in [1.807, 2.05) is 0 Å². The second-order valence-corrected chi connectivity index (χ2v) is 4.19. The maximum Gasteiger partial charge on any atom is 0.419 e. The van der Waals surface area contributed by atoms with Crippen molar-refractivity contribution in [3.63, 3.8) is 0 Å². The summed E-state index contributed by atoms with van der Waals surface area (Å²) >= 11 is 0. The molecule has 1 aromatic heterocycles. The lowest BCUT2D eigenvalue weighted by molar-refractivity contribution is -0.138. The van der Waals surface area contributed by atoms with Crippen molar-refractivity contribution in [1.29, 1.82) is 0 Å². The van der Waals surface area contributed by atoms with Crippen molar-refractivity contribution < 1.29 is 22.7 Å². The van der Waals surface area contributed by atoms with Gasteiger partial charge in [-0.25, -0.2) is 9.48 Å². The maximum absolute atomic E-state index is 13.2. The van der Waals surface area contributed by atoms with E-state index in [0.717, 1.165) is 12.2 Å².